The lowest BCUT2D eigenvalue weighted by atomic mass is 10.2. The zero-order valence-electron chi connectivity index (χ0n) is 7.72. The van der Waals surface area contributed by atoms with Crippen LogP contribution in [0.4, 0.5) is 0 Å². The summed E-state index contributed by atoms with van der Waals surface area (Å²) in [7, 11) is -3.13. The van der Waals surface area contributed by atoms with E-state index in [0.29, 0.717) is 10.1 Å². The third-order valence-electron chi connectivity index (χ3n) is 2.44. The maximum atomic E-state index is 11.8. The predicted octanol–water partition coefficient (Wildman–Crippen LogP) is 1.26. The molecule has 1 heterocycles. The summed E-state index contributed by atoms with van der Waals surface area (Å²) >= 11 is 1.26. The Morgan fingerprint density at radius 2 is 2.29 bits per heavy atom. The van der Waals surface area contributed by atoms with E-state index in [0.717, 1.165) is 12.8 Å². The van der Waals surface area contributed by atoms with Gasteiger partial charge in [0.1, 0.15) is 4.21 Å². The van der Waals surface area contributed by atoms with Gasteiger partial charge in [-0.15, -0.1) is 11.3 Å². The smallest absolute Gasteiger partial charge is 0.189 e. The zero-order chi connectivity index (χ0) is 10.2. The Morgan fingerprint density at radius 3 is 2.79 bits per heavy atom. The van der Waals surface area contributed by atoms with E-state index in [1.165, 1.54) is 11.3 Å². The Hall–Kier alpha value is -0.390. The summed E-state index contributed by atoms with van der Waals surface area (Å²) in [6.45, 7) is 0. The minimum absolute atomic E-state index is 0.0954. The Bertz CT molecular complexity index is 392. The van der Waals surface area contributed by atoms with Gasteiger partial charge in [0.25, 0.3) is 0 Å². The third-order valence-corrected chi connectivity index (χ3v) is 5.73. The molecule has 1 aliphatic rings. The first-order chi connectivity index (χ1) is 6.59. The highest BCUT2D eigenvalue weighted by molar-refractivity contribution is 7.93. The highest BCUT2D eigenvalue weighted by Gasteiger charge is 2.32. The van der Waals surface area contributed by atoms with Crippen molar-refractivity contribution in [1.29, 1.82) is 0 Å². The van der Waals surface area contributed by atoms with Gasteiger partial charge in [0.05, 0.1) is 5.75 Å². The number of nitrogens with two attached hydrogens (primary N) is 1. The van der Waals surface area contributed by atoms with E-state index in [1.54, 1.807) is 17.5 Å². The summed E-state index contributed by atoms with van der Waals surface area (Å²) in [6, 6.07) is 3.21. The largest absolute Gasteiger partial charge is 0.327 e. The molecule has 1 saturated carbocycles. The summed E-state index contributed by atoms with van der Waals surface area (Å²) in [5, 5.41) is 1.77. The zero-order valence-corrected chi connectivity index (χ0v) is 9.35. The number of sulfone groups is 1. The molecule has 2 N–H and O–H groups in total. The molecule has 14 heavy (non-hydrogen) atoms. The van der Waals surface area contributed by atoms with Crippen LogP contribution in [0.3, 0.4) is 0 Å². The van der Waals surface area contributed by atoms with Gasteiger partial charge in [0, 0.05) is 6.04 Å². The van der Waals surface area contributed by atoms with Crippen molar-refractivity contribution in [2.75, 3.05) is 5.75 Å². The highest BCUT2D eigenvalue weighted by Crippen LogP contribution is 2.33. The highest BCUT2D eigenvalue weighted by atomic mass is 32.2. The summed E-state index contributed by atoms with van der Waals surface area (Å²) in [4.78, 5) is 0. The normalized spacial score (nSPS) is 19.5. The van der Waals surface area contributed by atoms with E-state index in [2.05, 4.69) is 0 Å². The summed E-state index contributed by atoms with van der Waals surface area (Å²) in [5.74, 6) is 0.530. The number of hydrogen-bond acceptors (Lipinski definition) is 4. The van der Waals surface area contributed by atoms with E-state index in [-0.39, 0.29) is 11.8 Å². The van der Waals surface area contributed by atoms with Crippen molar-refractivity contribution in [3.8, 4) is 0 Å². The van der Waals surface area contributed by atoms with Gasteiger partial charge in [-0.1, -0.05) is 6.07 Å². The second kappa shape index (κ2) is 3.64. The Kier molecular flexibility index (Phi) is 2.64. The maximum absolute atomic E-state index is 11.8. The molecule has 1 atom stereocenters. The molecule has 0 radical (unpaired) electrons. The van der Waals surface area contributed by atoms with E-state index in [4.69, 9.17) is 5.73 Å². The molecular formula is C9H13NO2S2. The van der Waals surface area contributed by atoms with E-state index in [1.807, 2.05) is 0 Å². The molecule has 5 heteroatoms. The van der Waals surface area contributed by atoms with Gasteiger partial charge < -0.3 is 5.73 Å². The molecule has 0 aromatic carbocycles. The first-order valence-electron chi connectivity index (χ1n) is 4.61. The van der Waals surface area contributed by atoms with Gasteiger partial charge >= 0.3 is 0 Å². The van der Waals surface area contributed by atoms with Crippen LogP contribution in [0.5, 0.6) is 0 Å². The molecule has 0 spiro atoms. The fourth-order valence-corrected chi connectivity index (χ4v) is 4.07. The molecule has 0 aliphatic heterocycles. The number of rotatable bonds is 4. The lowest BCUT2D eigenvalue weighted by Gasteiger charge is -2.09. The first-order valence-corrected chi connectivity index (χ1v) is 7.14. The topological polar surface area (TPSA) is 60.2 Å². The SMILES string of the molecule is NC(CS(=O)(=O)c1cccs1)C1CC1. The van der Waals surface area contributed by atoms with Crippen molar-refractivity contribution in [3.05, 3.63) is 17.5 Å². The molecule has 3 nitrogen and oxygen atoms in total. The minimum Gasteiger partial charge on any atom is -0.327 e. The van der Waals surface area contributed by atoms with E-state index < -0.39 is 9.84 Å². The van der Waals surface area contributed by atoms with Gasteiger partial charge in [-0.2, -0.15) is 0 Å². The molecule has 1 aliphatic carbocycles. The lowest BCUT2D eigenvalue weighted by molar-refractivity contribution is 0.576. The molecule has 2 rings (SSSR count). The summed E-state index contributed by atoms with van der Waals surface area (Å²) in [6.07, 6.45) is 2.17. The van der Waals surface area contributed by atoms with Crippen LogP contribution in [0, 0.1) is 5.92 Å². The molecule has 0 bridgehead atoms. The second-order valence-electron chi connectivity index (χ2n) is 3.71. The van der Waals surface area contributed by atoms with Crippen LogP contribution < -0.4 is 5.73 Å². The van der Waals surface area contributed by atoms with Gasteiger partial charge in [0.2, 0.25) is 0 Å². The average Bonchev–Trinajstić information content (AvgIpc) is 2.80. The van der Waals surface area contributed by atoms with Gasteiger partial charge in [-0.05, 0) is 30.2 Å². The molecule has 1 aromatic rings. The predicted molar refractivity (Wildman–Crippen MR) is 57.1 cm³/mol. The van der Waals surface area contributed by atoms with Crippen molar-refractivity contribution in [1.82, 2.24) is 0 Å². The van der Waals surface area contributed by atoms with Gasteiger partial charge in [-0.3, -0.25) is 0 Å². The average molecular weight is 231 g/mol. The van der Waals surface area contributed by atoms with Crippen LogP contribution in [0.1, 0.15) is 12.8 Å². The standard InChI is InChI=1S/C9H13NO2S2/c10-8(7-3-4-7)6-14(11,12)9-2-1-5-13-9/h1-2,5,7-8H,3-4,6,10H2. The van der Waals surface area contributed by atoms with Crippen LogP contribution in [0.2, 0.25) is 0 Å². The maximum Gasteiger partial charge on any atom is 0.189 e. The Morgan fingerprint density at radius 1 is 1.57 bits per heavy atom. The van der Waals surface area contributed by atoms with Crippen LogP contribution in [0.25, 0.3) is 0 Å². The van der Waals surface area contributed by atoms with Crippen molar-refractivity contribution in [2.45, 2.75) is 23.1 Å². The van der Waals surface area contributed by atoms with Crippen LogP contribution >= 0.6 is 11.3 Å². The van der Waals surface area contributed by atoms with Crippen LogP contribution in [-0.2, 0) is 9.84 Å². The quantitative estimate of drug-likeness (QED) is 0.848. The molecular weight excluding hydrogens is 218 g/mol. The fraction of sp³-hybridized carbons (Fsp3) is 0.556. The molecule has 78 valence electrons. The van der Waals surface area contributed by atoms with Crippen molar-refractivity contribution < 1.29 is 8.42 Å². The van der Waals surface area contributed by atoms with Crippen molar-refractivity contribution in [2.24, 2.45) is 11.7 Å². The molecule has 0 amide bonds. The lowest BCUT2D eigenvalue weighted by Crippen LogP contribution is -2.31. The minimum atomic E-state index is -3.13. The Labute approximate surface area is 87.9 Å². The number of hydrogen-bond donors (Lipinski definition) is 1. The first kappa shape index (κ1) is 10.1. The monoisotopic (exact) mass is 231 g/mol. The van der Waals surface area contributed by atoms with Gasteiger partial charge in [0.15, 0.2) is 9.84 Å². The summed E-state index contributed by atoms with van der Waals surface area (Å²) in [5.41, 5.74) is 5.80. The molecule has 1 unspecified atom stereocenters. The van der Waals surface area contributed by atoms with Crippen molar-refractivity contribution in [3.63, 3.8) is 0 Å². The molecule has 0 saturated heterocycles. The molecule has 1 aromatic heterocycles. The van der Waals surface area contributed by atoms with Crippen LogP contribution in [-0.4, -0.2) is 20.2 Å². The Balaban J connectivity index is 2.09. The van der Waals surface area contributed by atoms with E-state index >= 15 is 0 Å². The fourth-order valence-electron chi connectivity index (χ4n) is 1.44. The van der Waals surface area contributed by atoms with Gasteiger partial charge in [-0.25, -0.2) is 8.42 Å². The molecule has 1 fully saturated rings. The number of thiophene rings is 1. The van der Waals surface area contributed by atoms with Crippen LogP contribution in [0.15, 0.2) is 21.7 Å². The summed E-state index contributed by atoms with van der Waals surface area (Å²) < 4.78 is 24.0. The van der Waals surface area contributed by atoms with E-state index in [9.17, 15) is 8.42 Å². The second-order valence-corrected chi connectivity index (χ2v) is 6.92. The third kappa shape index (κ3) is 2.16. The van der Waals surface area contributed by atoms with Crippen molar-refractivity contribution >= 4 is 21.2 Å².